The van der Waals surface area contributed by atoms with E-state index in [0.29, 0.717) is 11.3 Å². The van der Waals surface area contributed by atoms with Crippen molar-refractivity contribution in [2.75, 3.05) is 13.1 Å². The van der Waals surface area contributed by atoms with E-state index in [-0.39, 0.29) is 11.9 Å². The standard InChI is InChI=1S/C22H25N3O2/c1-17(27-21-10-6-5-9-19(21)15-23)22(26)24-20-11-13-25(14-12-20)16-18-7-3-2-4-8-18/h2-10,17,20H,11-14,16H2,1H3,(H,24,26). The molecule has 0 saturated carbocycles. The Bertz CT molecular complexity index is 793. The third-order valence-electron chi connectivity index (χ3n) is 4.86. The molecule has 140 valence electrons. The van der Waals surface area contributed by atoms with Crippen molar-refractivity contribution in [2.24, 2.45) is 0 Å². The fourth-order valence-corrected chi connectivity index (χ4v) is 3.30. The highest BCUT2D eigenvalue weighted by molar-refractivity contribution is 5.81. The van der Waals surface area contributed by atoms with Crippen molar-refractivity contribution in [3.63, 3.8) is 0 Å². The first-order chi connectivity index (χ1) is 13.2. The number of carbonyl (C=O) groups is 1. The van der Waals surface area contributed by atoms with E-state index in [1.54, 1.807) is 31.2 Å². The van der Waals surface area contributed by atoms with E-state index >= 15 is 0 Å². The number of nitriles is 1. The van der Waals surface area contributed by atoms with Crippen LogP contribution in [0.4, 0.5) is 0 Å². The minimum atomic E-state index is -0.637. The van der Waals surface area contributed by atoms with Crippen molar-refractivity contribution < 1.29 is 9.53 Å². The van der Waals surface area contributed by atoms with Crippen molar-refractivity contribution in [1.82, 2.24) is 10.2 Å². The number of nitrogens with one attached hydrogen (secondary N) is 1. The van der Waals surface area contributed by atoms with Gasteiger partial charge in [-0.05, 0) is 37.5 Å². The zero-order chi connectivity index (χ0) is 19.1. The van der Waals surface area contributed by atoms with E-state index in [0.717, 1.165) is 32.5 Å². The number of carbonyl (C=O) groups excluding carboxylic acids is 1. The Morgan fingerprint density at radius 1 is 1.19 bits per heavy atom. The minimum absolute atomic E-state index is 0.135. The van der Waals surface area contributed by atoms with Gasteiger partial charge >= 0.3 is 0 Å². The summed E-state index contributed by atoms with van der Waals surface area (Å²) in [6.45, 7) is 4.60. The van der Waals surface area contributed by atoms with Gasteiger partial charge in [0.2, 0.25) is 0 Å². The van der Waals surface area contributed by atoms with E-state index in [1.807, 2.05) is 6.07 Å². The first-order valence-electron chi connectivity index (χ1n) is 9.38. The molecule has 0 aromatic heterocycles. The fraction of sp³-hybridized carbons (Fsp3) is 0.364. The summed E-state index contributed by atoms with van der Waals surface area (Å²) in [5.74, 6) is 0.310. The summed E-state index contributed by atoms with van der Waals surface area (Å²) in [6, 6.07) is 19.7. The molecule has 27 heavy (non-hydrogen) atoms. The van der Waals surface area contributed by atoms with Crippen LogP contribution >= 0.6 is 0 Å². The summed E-state index contributed by atoms with van der Waals surface area (Å²) in [5.41, 5.74) is 1.75. The molecule has 2 aromatic carbocycles. The summed E-state index contributed by atoms with van der Waals surface area (Å²) < 4.78 is 5.69. The summed E-state index contributed by atoms with van der Waals surface area (Å²) in [7, 11) is 0. The van der Waals surface area contributed by atoms with Crippen LogP contribution in [0.5, 0.6) is 5.75 Å². The SMILES string of the molecule is CC(Oc1ccccc1C#N)C(=O)NC1CCN(Cc2ccccc2)CC1. The molecule has 1 saturated heterocycles. The molecule has 5 nitrogen and oxygen atoms in total. The maximum atomic E-state index is 12.5. The number of rotatable bonds is 6. The number of hydrogen-bond acceptors (Lipinski definition) is 4. The lowest BCUT2D eigenvalue weighted by atomic mass is 10.0. The van der Waals surface area contributed by atoms with Gasteiger partial charge in [0.1, 0.15) is 11.8 Å². The lowest BCUT2D eigenvalue weighted by Crippen LogP contribution is -2.47. The second-order valence-corrected chi connectivity index (χ2v) is 6.91. The molecule has 2 aromatic rings. The normalized spacial score (nSPS) is 16.3. The molecule has 1 fully saturated rings. The average Bonchev–Trinajstić information content (AvgIpc) is 2.70. The van der Waals surface area contributed by atoms with Crippen LogP contribution in [0.2, 0.25) is 0 Å². The van der Waals surface area contributed by atoms with Gasteiger partial charge in [-0.1, -0.05) is 42.5 Å². The number of likely N-dealkylation sites (tertiary alicyclic amines) is 1. The lowest BCUT2D eigenvalue weighted by Gasteiger charge is -2.32. The number of para-hydroxylation sites is 1. The van der Waals surface area contributed by atoms with Crippen molar-refractivity contribution in [3.05, 3.63) is 65.7 Å². The maximum absolute atomic E-state index is 12.5. The van der Waals surface area contributed by atoms with Crippen LogP contribution < -0.4 is 10.1 Å². The van der Waals surface area contributed by atoms with Crippen molar-refractivity contribution in [2.45, 2.75) is 38.5 Å². The van der Waals surface area contributed by atoms with E-state index in [9.17, 15) is 4.79 Å². The van der Waals surface area contributed by atoms with Gasteiger partial charge in [0.15, 0.2) is 6.10 Å². The molecule has 5 heteroatoms. The van der Waals surface area contributed by atoms with Gasteiger partial charge in [-0.3, -0.25) is 9.69 Å². The van der Waals surface area contributed by atoms with Crippen LogP contribution in [0, 0.1) is 11.3 Å². The number of hydrogen-bond donors (Lipinski definition) is 1. The number of amides is 1. The molecule has 3 rings (SSSR count). The molecule has 1 N–H and O–H groups in total. The Labute approximate surface area is 160 Å². The highest BCUT2D eigenvalue weighted by Crippen LogP contribution is 2.19. The Hall–Kier alpha value is -2.84. The number of piperidine rings is 1. The van der Waals surface area contributed by atoms with Gasteiger partial charge < -0.3 is 10.1 Å². The van der Waals surface area contributed by atoms with Gasteiger partial charge in [0.25, 0.3) is 5.91 Å². The van der Waals surface area contributed by atoms with Crippen molar-refractivity contribution >= 4 is 5.91 Å². The van der Waals surface area contributed by atoms with Crippen LogP contribution in [0.15, 0.2) is 54.6 Å². The van der Waals surface area contributed by atoms with Crippen molar-refractivity contribution in [3.8, 4) is 11.8 Å². The quantitative estimate of drug-likeness (QED) is 0.856. The zero-order valence-electron chi connectivity index (χ0n) is 15.6. The largest absolute Gasteiger partial charge is 0.480 e. The van der Waals surface area contributed by atoms with E-state index in [1.165, 1.54) is 5.56 Å². The smallest absolute Gasteiger partial charge is 0.260 e. The molecule has 1 aliphatic rings. The fourth-order valence-electron chi connectivity index (χ4n) is 3.30. The first kappa shape index (κ1) is 18.9. The Morgan fingerprint density at radius 3 is 2.56 bits per heavy atom. The average molecular weight is 363 g/mol. The summed E-state index contributed by atoms with van der Waals surface area (Å²) in [6.07, 6.45) is 1.22. The summed E-state index contributed by atoms with van der Waals surface area (Å²) in [5, 5.41) is 12.2. The summed E-state index contributed by atoms with van der Waals surface area (Å²) >= 11 is 0. The van der Waals surface area contributed by atoms with Crippen LogP contribution in [-0.2, 0) is 11.3 Å². The van der Waals surface area contributed by atoms with Crippen LogP contribution in [0.1, 0.15) is 30.9 Å². The molecule has 1 heterocycles. The minimum Gasteiger partial charge on any atom is -0.480 e. The van der Waals surface area contributed by atoms with Gasteiger partial charge in [-0.2, -0.15) is 5.26 Å². The number of ether oxygens (including phenoxy) is 1. The lowest BCUT2D eigenvalue weighted by molar-refractivity contribution is -0.128. The topological polar surface area (TPSA) is 65.4 Å². The van der Waals surface area contributed by atoms with Gasteiger partial charge in [0.05, 0.1) is 5.56 Å². The third-order valence-corrected chi connectivity index (χ3v) is 4.86. The van der Waals surface area contributed by atoms with E-state index in [2.05, 4.69) is 40.6 Å². The first-order valence-corrected chi connectivity index (χ1v) is 9.38. The van der Waals surface area contributed by atoms with Gasteiger partial charge in [0, 0.05) is 25.7 Å². The van der Waals surface area contributed by atoms with Gasteiger partial charge in [-0.25, -0.2) is 0 Å². The van der Waals surface area contributed by atoms with Gasteiger partial charge in [-0.15, -0.1) is 0 Å². The van der Waals surface area contributed by atoms with Crippen LogP contribution in [0.25, 0.3) is 0 Å². The second kappa shape index (κ2) is 9.20. The zero-order valence-corrected chi connectivity index (χ0v) is 15.6. The van der Waals surface area contributed by atoms with E-state index in [4.69, 9.17) is 10.00 Å². The predicted molar refractivity (Wildman–Crippen MR) is 104 cm³/mol. The molecular formula is C22H25N3O2. The van der Waals surface area contributed by atoms with Crippen LogP contribution in [-0.4, -0.2) is 36.0 Å². The molecule has 1 unspecified atom stereocenters. The highest BCUT2D eigenvalue weighted by Gasteiger charge is 2.24. The molecule has 0 bridgehead atoms. The second-order valence-electron chi connectivity index (χ2n) is 6.91. The Morgan fingerprint density at radius 2 is 1.85 bits per heavy atom. The highest BCUT2D eigenvalue weighted by atomic mass is 16.5. The Balaban J connectivity index is 1.45. The molecular weight excluding hydrogens is 338 g/mol. The molecule has 0 spiro atoms. The molecule has 0 aliphatic carbocycles. The third kappa shape index (κ3) is 5.32. The molecule has 1 atom stereocenters. The molecule has 1 amide bonds. The Kier molecular flexibility index (Phi) is 6.45. The molecule has 0 radical (unpaired) electrons. The maximum Gasteiger partial charge on any atom is 0.260 e. The summed E-state index contributed by atoms with van der Waals surface area (Å²) in [4.78, 5) is 14.9. The van der Waals surface area contributed by atoms with E-state index < -0.39 is 6.10 Å². The number of benzene rings is 2. The van der Waals surface area contributed by atoms with Crippen molar-refractivity contribution in [1.29, 1.82) is 5.26 Å². The predicted octanol–water partition coefficient (Wildman–Crippen LogP) is 3.11. The van der Waals surface area contributed by atoms with Crippen LogP contribution in [0.3, 0.4) is 0 Å². The monoisotopic (exact) mass is 363 g/mol. The molecule has 1 aliphatic heterocycles. The number of nitrogens with zero attached hydrogens (tertiary/aromatic N) is 2.